The molecule has 2 atom stereocenters. The fraction of sp³-hybridized carbons (Fsp3) is 0.667. The van der Waals surface area contributed by atoms with E-state index in [0.29, 0.717) is 19.3 Å². The molecule has 0 bridgehead atoms. The quantitative estimate of drug-likeness (QED) is 0.468. The molecule has 0 aromatic carbocycles. The first kappa shape index (κ1) is 16.5. The number of hydrogen-bond acceptors (Lipinski definition) is 4. The molecule has 1 aliphatic heterocycles. The van der Waals surface area contributed by atoms with Gasteiger partial charge in [-0.25, -0.2) is 0 Å². The van der Waals surface area contributed by atoms with Crippen molar-refractivity contribution in [1.29, 1.82) is 15.8 Å². The van der Waals surface area contributed by atoms with Gasteiger partial charge in [0.2, 0.25) is 0 Å². The Balaban J connectivity index is 2.62. The highest BCUT2D eigenvalue weighted by Gasteiger charge is 2.35. The Hall–Kier alpha value is -1.56. The van der Waals surface area contributed by atoms with Crippen molar-refractivity contribution in [3.63, 3.8) is 0 Å². The molecule has 0 N–H and O–H groups in total. The van der Waals surface area contributed by atoms with E-state index < -0.39 is 7.80 Å². The monoisotopic (exact) mass is 289 g/mol. The number of allylic oxidation sites excluding steroid dienone is 2. The van der Waals surface area contributed by atoms with Crippen LogP contribution in [0.15, 0.2) is 10.9 Å². The highest BCUT2D eigenvalue weighted by Crippen LogP contribution is 2.58. The van der Waals surface area contributed by atoms with Gasteiger partial charge in [-0.05, 0) is 43.8 Å². The maximum absolute atomic E-state index is 12.3. The number of rotatable bonds is 9. The second-order valence-corrected chi connectivity index (χ2v) is 7.02. The van der Waals surface area contributed by atoms with E-state index in [1.54, 1.807) is 0 Å². The summed E-state index contributed by atoms with van der Waals surface area (Å²) in [6, 6.07) is 6.37. The molecule has 0 aromatic heterocycles. The van der Waals surface area contributed by atoms with Crippen LogP contribution in [0.1, 0.15) is 57.8 Å². The van der Waals surface area contributed by atoms with E-state index in [9.17, 15) is 4.57 Å². The highest BCUT2D eigenvalue weighted by molar-refractivity contribution is 7.52. The SMILES string of the molecule is N#CCCCC1=C(CCCC#N)[PH](=O)C1CCCC#N. The minimum Gasteiger partial charge on any atom is -0.322 e. The molecule has 1 heterocycles. The first-order valence-electron chi connectivity index (χ1n) is 7.13. The van der Waals surface area contributed by atoms with Crippen LogP contribution in [0.5, 0.6) is 0 Å². The van der Waals surface area contributed by atoms with Crippen molar-refractivity contribution in [1.82, 2.24) is 0 Å². The number of nitrogens with zero attached hydrogens (tertiary/aromatic N) is 3. The van der Waals surface area contributed by atoms with E-state index in [0.717, 1.165) is 43.8 Å². The van der Waals surface area contributed by atoms with Crippen LogP contribution in [0.3, 0.4) is 0 Å². The highest BCUT2D eigenvalue weighted by atomic mass is 31.1. The van der Waals surface area contributed by atoms with Crippen molar-refractivity contribution in [2.45, 2.75) is 63.4 Å². The van der Waals surface area contributed by atoms with Gasteiger partial charge < -0.3 is 4.57 Å². The fourth-order valence-corrected chi connectivity index (χ4v) is 4.99. The molecule has 106 valence electrons. The molecule has 2 unspecified atom stereocenters. The minimum absolute atomic E-state index is 0.157. The van der Waals surface area contributed by atoms with Gasteiger partial charge in [0.05, 0.1) is 18.2 Å². The van der Waals surface area contributed by atoms with Crippen molar-refractivity contribution in [2.75, 3.05) is 0 Å². The summed E-state index contributed by atoms with van der Waals surface area (Å²) in [7, 11) is -1.69. The van der Waals surface area contributed by atoms with E-state index in [1.165, 1.54) is 5.57 Å². The summed E-state index contributed by atoms with van der Waals surface area (Å²) in [6.45, 7) is 0. The standard InChI is InChI=1S/C15H20N3OP/c16-10-4-1-7-13-14(8-2-5-11-17)20(19)15(13)9-3-6-12-18/h14,20H,1-9H2. The van der Waals surface area contributed by atoms with Gasteiger partial charge in [0.25, 0.3) is 0 Å². The van der Waals surface area contributed by atoms with Gasteiger partial charge in [-0.2, -0.15) is 15.8 Å². The molecular formula is C15H20N3OP. The topological polar surface area (TPSA) is 88.4 Å². The lowest BCUT2D eigenvalue weighted by molar-refractivity contribution is 0.563. The molecule has 0 aromatic rings. The Morgan fingerprint density at radius 3 is 2.05 bits per heavy atom. The molecule has 0 aliphatic carbocycles. The van der Waals surface area contributed by atoms with E-state index in [4.69, 9.17) is 15.8 Å². The van der Waals surface area contributed by atoms with Crippen LogP contribution in [-0.4, -0.2) is 5.66 Å². The van der Waals surface area contributed by atoms with Crippen molar-refractivity contribution < 1.29 is 4.57 Å². The zero-order valence-electron chi connectivity index (χ0n) is 11.7. The first-order valence-corrected chi connectivity index (χ1v) is 8.61. The van der Waals surface area contributed by atoms with Crippen molar-refractivity contribution in [3.8, 4) is 18.2 Å². The third-order valence-electron chi connectivity index (χ3n) is 3.65. The molecule has 0 spiro atoms. The van der Waals surface area contributed by atoms with Crippen molar-refractivity contribution in [3.05, 3.63) is 10.9 Å². The van der Waals surface area contributed by atoms with Gasteiger partial charge in [-0.1, -0.05) is 5.57 Å². The predicted octanol–water partition coefficient (Wildman–Crippen LogP) is 4.26. The Morgan fingerprint density at radius 1 is 0.900 bits per heavy atom. The maximum Gasteiger partial charge on any atom is 0.107 e. The van der Waals surface area contributed by atoms with Crippen LogP contribution in [0, 0.1) is 34.0 Å². The summed E-state index contributed by atoms with van der Waals surface area (Å²) in [5.74, 6) is 0. The van der Waals surface area contributed by atoms with E-state index >= 15 is 0 Å². The van der Waals surface area contributed by atoms with E-state index in [-0.39, 0.29) is 5.66 Å². The van der Waals surface area contributed by atoms with Crippen molar-refractivity contribution in [2.24, 2.45) is 0 Å². The molecular weight excluding hydrogens is 269 g/mol. The van der Waals surface area contributed by atoms with Crippen LogP contribution < -0.4 is 0 Å². The van der Waals surface area contributed by atoms with E-state index in [2.05, 4.69) is 18.2 Å². The average Bonchev–Trinajstić information content (AvgIpc) is 2.46. The lowest BCUT2D eigenvalue weighted by Crippen LogP contribution is -2.19. The smallest absolute Gasteiger partial charge is 0.107 e. The van der Waals surface area contributed by atoms with Crippen molar-refractivity contribution >= 4 is 7.80 Å². The number of hydrogen-bond donors (Lipinski definition) is 0. The third kappa shape index (κ3) is 4.52. The molecule has 5 heteroatoms. The third-order valence-corrected chi connectivity index (χ3v) is 6.09. The lowest BCUT2D eigenvalue weighted by atomic mass is 9.98. The molecule has 20 heavy (non-hydrogen) atoms. The van der Waals surface area contributed by atoms with Gasteiger partial charge in [0, 0.05) is 24.9 Å². The summed E-state index contributed by atoms with van der Waals surface area (Å²) >= 11 is 0. The Labute approximate surface area is 121 Å². The van der Waals surface area contributed by atoms with Crippen LogP contribution in [0.2, 0.25) is 0 Å². The van der Waals surface area contributed by atoms with E-state index in [1.807, 2.05) is 0 Å². The molecule has 0 amide bonds. The lowest BCUT2D eigenvalue weighted by Gasteiger charge is -2.33. The van der Waals surface area contributed by atoms with Gasteiger partial charge >= 0.3 is 0 Å². The summed E-state index contributed by atoms with van der Waals surface area (Å²) in [5.41, 5.74) is 1.42. The second kappa shape index (κ2) is 9.36. The summed E-state index contributed by atoms with van der Waals surface area (Å²) < 4.78 is 12.3. The minimum atomic E-state index is -1.69. The summed E-state index contributed by atoms with van der Waals surface area (Å²) in [5, 5.41) is 26.8. The predicted molar refractivity (Wildman–Crippen MR) is 78.2 cm³/mol. The Morgan fingerprint density at radius 2 is 1.45 bits per heavy atom. The maximum atomic E-state index is 12.3. The van der Waals surface area contributed by atoms with Crippen LogP contribution >= 0.6 is 7.80 Å². The zero-order valence-corrected chi connectivity index (χ0v) is 12.7. The summed E-state index contributed by atoms with van der Waals surface area (Å²) in [4.78, 5) is 0. The second-order valence-electron chi connectivity index (χ2n) is 4.99. The van der Waals surface area contributed by atoms with Crippen LogP contribution in [0.25, 0.3) is 0 Å². The van der Waals surface area contributed by atoms with Gasteiger partial charge in [-0.15, -0.1) is 0 Å². The first-order chi connectivity index (χ1) is 9.76. The Kier molecular flexibility index (Phi) is 7.72. The zero-order chi connectivity index (χ0) is 14.8. The molecule has 0 fully saturated rings. The Bertz CT molecular complexity index is 505. The molecule has 0 saturated carbocycles. The van der Waals surface area contributed by atoms with Gasteiger partial charge in [0.15, 0.2) is 0 Å². The average molecular weight is 289 g/mol. The molecule has 4 nitrogen and oxygen atoms in total. The largest absolute Gasteiger partial charge is 0.322 e. The molecule has 1 aliphatic rings. The number of nitriles is 3. The summed E-state index contributed by atoms with van der Waals surface area (Å²) in [6.07, 6.45) is 6.38. The normalized spacial score (nSPS) is 20.6. The molecule has 0 radical (unpaired) electrons. The molecule has 0 saturated heterocycles. The molecule has 1 rings (SSSR count). The fourth-order valence-electron chi connectivity index (χ4n) is 2.66. The number of unbranched alkanes of at least 4 members (excludes halogenated alkanes) is 3. The van der Waals surface area contributed by atoms with Crippen LogP contribution in [-0.2, 0) is 4.57 Å². The van der Waals surface area contributed by atoms with Gasteiger partial charge in [0.1, 0.15) is 7.80 Å². The van der Waals surface area contributed by atoms with Gasteiger partial charge in [-0.3, -0.25) is 0 Å². The van der Waals surface area contributed by atoms with Crippen LogP contribution in [0.4, 0.5) is 0 Å².